The Morgan fingerprint density at radius 1 is 1.48 bits per heavy atom. The van der Waals surface area contributed by atoms with Gasteiger partial charge in [-0.1, -0.05) is 18.2 Å². The van der Waals surface area contributed by atoms with Gasteiger partial charge in [0.25, 0.3) is 0 Å². The fourth-order valence-corrected chi connectivity index (χ4v) is 2.94. The number of hydrogen-bond donors (Lipinski definition) is 2. The lowest BCUT2D eigenvalue weighted by atomic mass is 9.94. The molecule has 0 saturated carbocycles. The lowest BCUT2D eigenvalue weighted by Crippen LogP contribution is -2.33. The van der Waals surface area contributed by atoms with Crippen molar-refractivity contribution in [3.05, 3.63) is 29.8 Å². The number of nitrogens with one attached hydrogen (secondary N) is 1. The number of amides is 1. The Labute approximate surface area is 127 Å². The van der Waals surface area contributed by atoms with Crippen LogP contribution in [-0.2, 0) is 4.79 Å². The Morgan fingerprint density at radius 3 is 2.90 bits per heavy atom. The minimum absolute atomic E-state index is 0.108. The van der Waals surface area contributed by atoms with Crippen LogP contribution in [0, 0.1) is 5.92 Å². The maximum absolute atomic E-state index is 12.3. The summed E-state index contributed by atoms with van der Waals surface area (Å²) in [5.74, 6) is 1.02. The summed E-state index contributed by atoms with van der Waals surface area (Å²) in [5, 5.41) is 13.3. The van der Waals surface area contributed by atoms with E-state index in [0.29, 0.717) is 12.3 Å². The summed E-state index contributed by atoms with van der Waals surface area (Å²) in [4.78, 5) is 14.1. The second-order valence-electron chi connectivity index (χ2n) is 5.99. The molecular weight excluding hydrogens is 264 g/mol. The summed E-state index contributed by atoms with van der Waals surface area (Å²) in [6.45, 7) is 4.09. The third-order valence-corrected chi connectivity index (χ3v) is 4.53. The fourth-order valence-electron chi connectivity index (χ4n) is 2.94. The van der Waals surface area contributed by atoms with Gasteiger partial charge in [-0.2, -0.15) is 0 Å². The van der Waals surface area contributed by atoms with E-state index in [2.05, 4.69) is 5.32 Å². The molecule has 1 aliphatic rings. The summed E-state index contributed by atoms with van der Waals surface area (Å²) in [6.07, 6.45) is 3.96. The van der Waals surface area contributed by atoms with Crippen LogP contribution in [0.2, 0.25) is 0 Å². The Kier molecular flexibility index (Phi) is 5.62. The second-order valence-corrected chi connectivity index (χ2v) is 5.99. The summed E-state index contributed by atoms with van der Waals surface area (Å²) in [5.41, 5.74) is 0.799. The number of carbonyl (C=O) groups excluding carboxylic acids is 1. The van der Waals surface area contributed by atoms with Crippen molar-refractivity contribution in [3.63, 3.8) is 0 Å². The first-order valence-corrected chi connectivity index (χ1v) is 7.84. The molecule has 4 nitrogen and oxygen atoms in total. The molecule has 2 N–H and O–H groups in total. The van der Waals surface area contributed by atoms with Gasteiger partial charge in [-0.15, -0.1) is 0 Å². The van der Waals surface area contributed by atoms with Crippen molar-refractivity contribution >= 4 is 5.91 Å². The number of aromatic hydroxyl groups is 1. The number of carbonyl (C=O) groups is 1. The molecule has 0 bridgehead atoms. The predicted octanol–water partition coefficient (Wildman–Crippen LogP) is 2.69. The van der Waals surface area contributed by atoms with Crippen molar-refractivity contribution in [1.82, 2.24) is 10.2 Å². The zero-order valence-electron chi connectivity index (χ0n) is 13.0. The first kappa shape index (κ1) is 15.8. The minimum atomic E-state index is -0.108. The molecule has 0 radical (unpaired) electrons. The molecule has 2 atom stereocenters. The van der Waals surface area contributed by atoms with Crippen LogP contribution in [0.5, 0.6) is 5.75 Å². The molecule has 0 aliphatic carbocycles. The van der Waals surface area contributed by atoms with Gasteiger partial charge in [0.1, 0.15) is 5.75 Å². The summed E-state index contributed by atoms with van der Waals surface area (Å²) < 4.78 is 0. The normalized spacial score (nSPS) is 20.0. The first-order chi connectivity index (χ1) is 10.1. The average molecular weight is 290 g/mol. The summed E-state index contributed by atoms with van der Waals surface area (Å²) in [6, 6.07) is 7.11. The van der Waals surface area contributed by atoms with Crippen LogP contribution in [0.1, 0.15) is 44.2 Å². The first-order valence-electron chi connectivity index (χ1n) is 7.84. The van der Waals surface area contributed by atoms with Gasteiger partial charge in [-0.25, -0.2) is 0 Å². The van der Waals surface area contributed by atoms with Crippen molar-refractivity contribution in [1.29, 1.82) is 0 Å². The average Bonchev–Trinajstić information content (AvgIpc) is 2.52. The number of para-hydroxylation sites is 1. The molecule has 1 aliphatic heterocycles. The molecule has 0 spiro atoms. The van der Waals surface area contributed by atoms with E-state index < -0.39 is 0 Å². The van der Waals surface area contributed by atoms with E-state index in [9.17, 15) is 9.90 Å². The van der Waals surface area contributed by atoms with E-state index in [-0.39, 0.29) is 17.7 Å². The predicted molar refractivity (Wildman–Crippen MR) is 84.1 cm³/mol. The lowest BCUT2D eigenvalue weighted by molar-refractivity contribution is -0.132. The van der Waals surface area contributed by atoms with E-state index in [4.69, 9.17) is 0 Å². The van der Waals surface area contributed by atoms with Gasteiger partial charge in [-0.3, -0.25) is 4.79 Å². The van der Waals surface area contributed by atoms with Crippen LogP contribution in [0.4, 0.5) is 0 Å². The molecule has 4 heteroatoms. The van der Waals surface area contributed by atoms with Gasteiger partial charge in [-0.05, 0) is 51.3 Å². The van der Waals surface area contributed by atoms with Crippen molar-refractivity contribution in [2.24, 2.45) is 5.92 Å². The van der Waals surface area contributed by atoms with Crippen LogP contribution in [0.3, 0.4) is 0 Å². The van der Waals surface area contributed by atoms with Crippen molar-refractivity contribution in [2.45, 2.75) is 38.6 Å². The maximum atomic E-state index is 12.3. The van der Waals surface area contributed by atoms with Gasteiger partial charge in [0, 0.05) is 19.0 Å². The maximum Gasteiger partial charge on any atom is 0.222 e. The van der Waals surface area contributed by atoms with Gasteiger partial charge in [0.05, 0.1) is 6.04 Å². The molecule has 116 valence electrons. The molecule has 1 saturated heterocycles. The van der Waals surface area contributed by atoms with E-state index in [1.165, 1.54) is 12.8 Å². The van der Waals surface area contributed by atoms with Gasteiger partial charge >= 0.3 is 0 Å². The fraction of sp³-hybridized carbons (Fsp3) is 0.588. The molecule has 0 aromatic heterocycles. The quantitative estimate of drug-likeness (QED) is 0.876. The third-order valence-electron chi connectivity index (χ3n) is 4.53. The summed E-state index contributed by atoms with van der Waals surface area (Å²) >= 11 is 0. The monoisotopic (exact) mass is 290 g/mol. The molecule has 1 aromatic rings. The topological polar surface area (TPSA) is 52.6 Å². The van der Waals surface area contributed by atoms with Crippen LogP contribution in [0.25, 0.3) is 0 Å². The molecule has 2 unspecified atom stereocenters. The Bertz CT molecular complexity index is 470. The zero-order valence-corrected chi connectivity index (χ0v) is 13.0. The Balaban J connectivity index is 1.88. The number of hydrogen-bond acceptors (Lipinski definition) is 3. The third kappa shape index (κ3) is 4.21. The Morgan fingerprint density at radius 2 is 2.24 bits per heavy atom. The van der Waals surface area contributed by atoms with Crippen molar-refractivity contribution in [2.75, 3.05) is 20.1 Å². The highest BCUT2D eigenvalue weighted by Gasteiger charge is 2.21. The smallest absolute Gasteiger partial charge is 0.222 e. The van der Waals surface area contributed by atoms with E-state index >= 15 is 0 Å². The molecule has 1 aromatic carbocycles. The Hall–Kier alpha value is -1.55. The number of phenolic OH excluding ortho intramolecular Hbond substituents is 1. The van der Waals surface area contributed by atoms with Gasteiger partial charge in [0.2, 0.25) is 5.91 Å². The molecule has 2 rings (SSSR count). The van der Waals surface area contributed by atoms with E-state index in [1.807, 2.05) is 26.1 Å². The molecular formula is C17H26N2O2. The van der Waals surface area contributed by atoms with Crippen molar-refractivity contribution in [3.8, 4) is 5.75 Å². The van der Waals surface area contributed by atoms with E-state index in [0.717, 1.165) is 25.1 Å². The number of benzene rings is 1. The van der Waals surface area contributed by atoms with Crippen LogP contribution in [-0.4, -0.2) is 36.1 Å². The van der Waals surface area contributed by atoms with Gasteiger partial charge < -0.3 is 15.3 Å². The van der Waals surface area contributed by atoms with Crippen molar-refractivity contribution < 1.29 is 9.90 Å². The number of piperidine rings is 1. The molecule has 1 amide bonds. The van der Waals surface area contributed by atoms with E-state index in [1.54, 1.807) is 17.0 Å². The van der Waals surface area contributed by atoms with Gasteiger partial charge in [0.15, 0.2) is 0 Å². The SMILES string of the molecule is CC(c1ccccc1O)N(C)C(=O)CCC1CCCNC1. The summed E-state index contributed by atoms with van der Waals surface area (Å²) in [7, 11) is 1.82. The molecule has 21 heavy (non-hydrogen) atoms. The van der Waals surface area contributed by atoms with Crippen LogP contribution < -0.4 is 5.32 Å². The highest BCUT2D eigenvalue weighted by atomic mass is 16.3. The molecule has 1 fully saturated rings. The highest BCUT2D eigenvalue weighted by Crippen LogP contribution is 2.28. The van der Waals surface area contributed by atoms with Crippen LogP contribution >= 0.6 is 0 Å². The number of rotatable bonds is 5. The second kappa shape index (κ2) is 7.46. The zero-order chi connectivity index (χ0) is 15.2. The number of phenols is 1. The largest absolute Gasteiger partial charge is 0.508 e. The highest BCUT2D eigenvalue weighted by molar-refractivity contribution is 5.76. The molecule has 1 heterocycles. The minimum Gasteiger partial charge on any atom is -0.508 e. The van der Waals surface area contributed by atoms with Crippen LogP contribution in [0.15, 0.2) is 24.3 Å². The lowest BCUT2D eigenvalue weighted by Gasteiger charge is -2.27. The standard InChI is InChI=1S/C17H26N2O2/c1-13(15-7-3-4-8-16(15)20)19(2)17(21)10-9-14-6-5-11-18-12-14/h3-4,7-8,13-14,18,20H,5-6,9-12H2,1-2H3. The number of nitrogens with zero attached hydrogens (tertiary/aromatic N) is 1.